The molecule has 1 heterocycles. The topological polar surface area (TPSA) is 61.8 Å². The largest absolute Gasteiger partial charge is 0.478 e. The summed E-state index contributed by atoms with van der Waals surface area (Å²) in [5.74, 6) is -0.885. The molecule has 0 atom stereocenters. The number of hydrogen-bond acceptors (Lipinski definition) is 4. The normalized spacial score (nSPS) is 16.1. The van der Waals surface area contributed by atoms with Gasteiger partial charge in [0.25, 0.3) is 0 Å². The zero-order chi connectivity index (χ0) is 14.4. The predicted octanol–water partition coefficient (Wildman–Crippen LogP) is 1.83. The molecule has 1 aromatic carbocycles. The maximum Gasteiger partial charge on any atom is 0.337 e. The summed E-state index contributed by atoms with van der Waals surface area (Å²) < 4.78 is 5.31. The first-order chi connectivity index (χ1) is 9.66. The van der Waals surface area contributed by atoms with E-state index in [9.17, 15) is 9.90 Å². The molecule has 0 radical (unpaired) electrons. The van der Waals surface area contributed by atoms with E-state index in [1.54, 1.807) is 6.07 Å². The smallest absolute Gasteiger partial charge is 0.337 e. The van der Waals surface area contributed by atoms with Crippen LogP contribution in [0.15, 0.2) is 18.2 Å². The quantitative estimate of drug-likeness (QED) is 0.777. The second-order valence-electron chi connectivity index (χ2n) is 5.09. The number of rotatable bonds is 6. The van der Waals surface area contributed by atoms with Crippen LogP contribution in [0.5, 0.6) is 0 Å². The van der Waals surface area contributed by atoms with Gasteiger partial charge in [-0.1, -0.05) is 11.6 Å². The van der Waals surface area contributed by atoms with E-state index in [1.807, 2.05) is 19.1 Å². The van der Waals surface area contributed by atoms with Crippen LogP contribution < -0.4 is 5.32 Å². The molecule has 20 heavy (non-hydrogen) atoms. The number of aromatic carboxylic acids is 1. The van der Waals surface area contributed by atoms with Crippen LogP contribution in [0.1, 0.15) is 22.3 Å². The monoisotopic (exact) mass is 278 g/mol. The summed E-state index contributed by atoms with van der Waals surface area (Å²) in [6, 6.07) is 5.47. The highest BCUT2D eigenvalue weighted by atomic mass is 16.5. The van der Waals surface area contributed by atoms with Crippen LogP contribution in [0, 0.1) is 6.92 Å². The van der Waals surface area contributed by atoms with Gasteiger partial charge >= 0.3 is 5.97 Å². The molecule has 0 aromatic heterocycles. The number of carboxylic acids is 1. The molecule has 1 saturated heterocycles. The molecule has 0 unspecified atom stereocenters. The molecule has 2 N–H and O–H groups in total. The first-order valence-electron chi connectivity index (χ1n) is 7.05. The number of benzene rings is 1. The number of aryl methyl sites for hydroxylation is 1. The first-order valence-corrected chi connectivity index (χ1v) is 7.05. The molecule has 1 fully saturated rings. The van der Waals surface area contributed by atoms with E-state index < -0.39 is 5.97 Å². The van der Waals surface area contributed by atoms with Gasteiger partial charge in [-0.25, -0.2) is 4.79 Å². The minimum atomic E-state index is -0.885. The lowest BCUT2D eigenvalue weighted by atomic mass is 10.1. The molecule has 110 valence electrons. The van der Waals surface area contributed by atoms with Crippen molar-refractivity contribution in [3.05, 3.63) is 29.3 Å². The number of nitrogens with zero attached hydrogens (tertiary/aromatic N) is 1. The third kappa shape index (κ3) is 4.21. The molecule has 1 aromatic rings. The number of anilines is 1. The van der Waals surface area contributed by atoms with Gasteiger partial charge in [0.15, 0.2) is 0 Å². The highest BCUT2D eigenvalue weighted by Crippen LogP contribution is 2.17. The van der Waals surface area contributed by atoms with Crippen molar-refractivity contribution < 1.29 is 14.6 Å². The Bertz CT molecular complexity index is 456. The molecule has 5 heteroatoms. The van der Waals surface area contributed by atoms with Crippen molar-refractivity contribution in [1.82, 2.24) is 4.90 Å². The molecule has 1 aliphatic heterocycles. The molecule has 0 spiro atoms. The fourth-order valence-electron chi connectivity index (χ4n) is 2.34. The van der Waals surface area contributed by atoms with Crippen LogP contribution in [-0.4, -0.2) is 55.4 Å². The Morgan fingerprint density at radius 3 is 2.85 bits per heavy atom. The number of morpholine rings is 1. The Labute approximate surface area is 119 Å². The van der Waals surface area contributed by atoms with Gasteiger partial charge in [0.1, 0.15) is 0 Å². The molecule has 0 saturated carbocycles. The molecule has 5 nitrogen and oxygen atoms in total. The van der Waals surface area contributed by atoms with Crippen molar-refractivity contribution in [2.24, 2.45) is 0 Å². The zero-order valence-electron chi connectivity index (χ0n) is 11.9. The standard InChI is InChI=1S/C15H22N2O3/c1-12-3-4-14(13(11-12)15(18)19)16-5-2-6-17-7-9-20-10-8-17/h3-4,11,16H,2,5-10H2,1H3,(H,18,19). The van der Waals surface area contributed by atoms with Crippen LogP contribution in [-0.2, 0) is 4.74 Å². The number of carboxylic acid groups (broad SMARTS) is 1. The van der Waals surface area contributed by atoms with E-state index >= 15 is 0 Å². The van der Waals surface area contributed by atoms with Crippen LogP contribution in [0.4, 0.5) is 5.69 Å². The number of carbonyl (C=O) groups is 1. The lowest BCUT2D eigenvalue weighted by Crippen LogP contribution is -2.37. The molecular weight excluding hydrogens is 256 g/mol. The predicted molar refractivity (Wildman–Crippen MR) is 78.5 cm³/mol. The number of hydrogen-bond donors (Lipinski definition) is 2. The average Bonchev–Trinajstić information content (AvgIpc) is 2.45. The van der Waals surface area contributed by atoms with E-state index in [1.165, 1.54) is 0 Å². The van der Waals surface area contributed by atoms with Gasteiger partial charge in [-0.2, -0.15) is 0 Å². The Hall–Kier alpha value is -1.59. The Kier molecular flexibility index (Phi) is 5.38. The van der Waals surface area contributed by atoms with Crippen LogP contribution in [0.25, 0.3) is 0 Å². The first kappa shape index (κ1) is 14.8. The molecule has 0 amide bonds. The summed E-state index contributed by atoms with van der Waals surface area (Å²) in [5.41, 5.74) is 2.00. The summed E-state index contributed by atoms with van der Waals surface area (Å²) in [6.45, 7) is 7.30. The minimum Gasteiger partial charge on any atom is -0.478 e. The highest BCUT2D eigenvalue weighted by molar-refractivity contribution is 5.94. The Morgan fingerprint density at radius 1 is 1.40 bits per heavy atom. The third-order valence-electron chi connectivity index (χ3n) is 3.48. The highest BCUT2D eigenvalue weighted by Gasteiger charge is 2.11. The fourth-order valence-corrected chi connectivity index (χ4v) is 2.34. The van der Waals surface area contributed by atoms with E-state index in [0.29, 0.717) is 11.3 Å². The second kappa shape index (κ2) is 7.26. The summed E-state index contributed by atoms with van der Waals surface area (Å²) in [4.78, 5) is 13.6. The van der Waals surface area contributed by atoms with Crippen molar-refractivity contribution in [3.63, 3.8) is 0 Å². The summed E-state index contributed by atoms with van der Waals surface area (Å²) in [6.07, 6.45) is 0.993. The van der Waals surface area contributed by atoms with Crippen LogP contribution in [0.3, 0.4) is 0 Å². The molecular formula is C15H22N2O3. The molecule has 1 aliphatic rings. The lowest BCUT2D eigenvalue weighted by Gasteiger charge is -2.26. The molecule has 2 rings (SSSR count). The fraction of sp³-hybridized carbons (Fsp3) is 0.533. The molecule has 0 aliphatic carbocycles. The van der Waals surface area contributed by atoms with Crippen molar-refractivity contribution in [3.8, 4) is 0 Å². The summed E-state index contributed by atoms with van der Waals surface area (Å²) in [7, 11) is 0. The van der Waals surface area contributed by atoms with E-state index in [4.69, 9.17) is 4.74 Å². The number of nitrogens with one attached hydrogen (secondary N) is 1. The van der Waals surface area contributed by atoms with Gasteiger partial charge in [-0.3, -0.25) is 4.90 Å². The summed E-state index contributed by atoms with van der Waals surface area (Å²) in [5, 5.41) is 12.4. The van der Waals surface area contributed by atoms with Crippen molar-refractivity contribution in [2.75, 3.05) is 44.7 Å². The molecule has 0 bridgehead atoms. The maximum absolute atomic E-state index is 11.2. The lowest BCUT2D eigenvalue weighted by molar-refractivity contribution is 0.0378. The van der Waals surface area contributed by atoms with E-state index in [-0.39, 0.29) is 0 Å². The Morgan fingerprint density at radius 2 is 2.15 bits per heavy atom. The van der Waals surface area contributed by atoms with Gasteiger partial charge in [-0.15, -0.1) is 0 Å². The van der Waals surface area contributed by atoms with E-state index in [2.05, 4.69) is 10.2 Å². The third-order valence-corrected chi connectivity index (χ3v) is 3.48. The number of ether oxygens (including phenoxy) is 1. The van der Waals surface area contributed by atoms with Crippen LogP contribution in [0.2, 0.25) is 0 Å². The maximum atomic E-state index is 11.2. The van der Waals surface area contributed by atoms with Gasteiger partial charge in [-0.05, 0) is 32.0 Å². The SMILES string of the molecule is Cc1ccc(NCCCN2CCOCC2)c(C(=O)O)c1. The van der Waals surface area contributed by atoms with Gasteiger partial charge in [0.2, 0.25) is 0 Å². The van der Waals surface area contributed by atoms with Gasteiger partial charge in [0.05, 0.1) is 18.8 Å². The summed E-state index contributed by atoms with van der Waals surface area (Å²) >= 11 is 0. The Balaban J connectivity index is 1.80. The second-order valence-corrected chi connectivity index (χ2v) is 5.09. The average molecular weight is 278 g/mol. The van der Waals surface area contributed by atoms with Crippen molar-refractivity contribution in [2.45, 2.75) is 13.3 Å². The van der Waals surface area contributed by atoms with Crippen molar-refractivity contribution >= 4 is 11.7 Å². The minimum absolute atomic E-state index is 0.344. The van der Waals surface area contributed by atoms with Gasteiger partial charge in [0, 0.05) is 25.3 Å². The van der Waals surface area contributed by atoms with Gasteiger partial charge < -0.3 is 15.2 Å². The van der Waals surface area contributed by atoms with Crippen molar-refractivity contribution in [1.29, 1.82) is 0 Å². The van der Waals surface area contributed by atoms with E-state index in [0.717, 1.165) is 51.4 Å². The zero-order valence-corrected chi connectivity index (χ0v) is 11.9. The van der Waals surface area contributed by atoms with Crippen LogP contribution >= 0.6 is 0 Å².